The third-order valence-electron chi connectivity index (χ3n) is 2.69. The second-order valence-corrected chi connectivity index (χ2v) is 5.30. The number of carboxylic acid groups (broad SMARTS) is 1. The lowest BCUT2D eigenvalue weighted by atomic mass is 10.00. The lowest BCUT2D eigenvalue weighted by molar-refractivity contribution is -0.316. The quantitative estimate of drug-likeness (QED) is 0.656. The smallest absolute Gasteiger partial charge is 0.411 e. The molecule has 0 aliphatic carbocycles. The number of ether oxygens (including phenoxy) is 1. The summed E-state index contributed by atoms with van der Waals surface area (Å²) in [5.41, 5.74) is -1.85. The molecule has 0 spiro atoms. The third-order valence-corrected chi connectivity index (χ3v) is 2.69. The van der Waals surface area contributed by atoms with E-state index < -0.39 is 23.2 Å². The highest BCUT2D eigenvalue weighted by molar-refractivity contribution is 5.83. The van der Waals surface area contributed by atoms with Gasteiger partial charge in [-0.3, -0.25) is 4.90 Å². The number of rotatable bonds is 1. The van der Waals surface area contributed by atoms with Gasteiger partial charge >= 0.3 is 6.09 Å². The van der Waals surface area contributed by atoms with Crippen molar-refractivity contribution < 1.29 is 19.4 Å². The van der Waals surface area contributed by atoms with E-state index in [4.69, 9.17) is 4.74 Å². The molecule has 1 saturated heterocycles. The molecule has 5 nitrogen and oxygen atoms in total. The number of carbonyl (C=O) groups is 2. The van der Waals surface area contributed by atoms with Crippen molar-refractivity contribution in [1.82, 2.24) is 4.90 Å². The minimum Gasteiger partial charge on any atom is -0.548 e. The predicted octanol–water partition coefficient (Wildman–Crippen LogP) is 0.526. The van der Waals surface area contributed by atoms with E-state index in [0.717, 1.165) is 0 Å². The summed E-state index contributed by atoms with van der Waals surface area (Å²) in [6.07, 6.45) is 0.481. The SMILES string of the molecule is CC(C)(C)OC(=O)N1CCCC1(C)C(=O)[O-]. The molecule has 0 radical (unpaired) electrons. The number of carboxylic acids is 1. The van der Waals surface area contributed by atoms with Gasteiger partial charge in [0.25, 0.3) is 0 Å². The molecule has 1 heterocycles. The zero-order chi connectivity index (χ0) is 12.6. The zero-order valence-corrected chi connectivity index (χ0v) is 10.2. The van der Waals surface area contributed by atoms with E-state index in [2.05, 4.69) is 0 Å². The van der Waals surface area contributed by atoms with Crippen molar-refractivity contribution in [3.05, 3.63) is 0 Å². The fourth-order valence-corrected chi connectivity index (χ4v) is 1.79. The fourth-order valence-electron chi connectivity index (χ4n) is 1.79. The van der Waals surface area contributed by atoms with Gasteiger partial charge in [0.2, 0.25) is 0 Å². The molecule has 0 aromatic rings. The van der Waals surface area contributed by atoms with E-state index in [1.807, 2.05) is 0 Å². The van der Waals surface area contributed by atoms with Crippen LogP contribution in [0.3, 0.4) is 0 Å². The molecule has 0 bridgehead atoms. The lowest BCUT2D eigenvalue weighted by Gasteiger charge is -2.36. The first kappa shape index (κ1) is 12.8. The van der Waals surface area contributed by atoms with Gasteiger partial charge in [-0.2, -0.15) is 0 Å². The molecule has 0 aromatic heterocycles. The Morgan fingerprint density at radius 1 is 1.38 bits per heavy atom. The Morgan fingerprint density at radius 3 is 2.38 bits per heavy atom. The normalized spacial score (nSPS) is 25.6. The lowest BCUT2D eigenvalue weighted by Crippen LogP contribution is -2.57. The van der Waals surface area contributed by atoms with Crippen LogP contribution in [0.15, 0.2) is 0 Å². The summed E-state index contributed by atoms with van der Waals surface area (Å²) >= 11 is 0. The van der Waals surface area contributed by atoms with Crippen LogP contribution in [0.25, 0.3) is 0 Å². The van der Waals surface area contributed by atoms with Gasteiger partial charge in [0.05, 0.1) is 11.5 Å². The molecule has 1 unspecified atom stereocenters. The minimum absolute atomic E-state index is 0.402. The molecule has 92 valence electrons. The Kier molecular flexibility index (Phi) is 3.17. The van der Waals surface area contributed by atoms with Gasteiger partial charge in [-0.25, -0.2) is 4.79 Å². The number of aliphatic carboxylic acids is 1. The number of hydrogen-bond acceptors (Lipinski definition) is 4. The number of likely N-dealkylation sites (tertiary alicyclic amines) is 1. The maximum atomic E-state index is 11.8. The van der Waals surface area contributed by atoms with Crippen LogP contribution >= 0.6 is 0 Å². The summed E-state index contributed by atoms with van der Waals surface area (Å²) in [6.45, 7) is 7.14. The van der Waals surface area contributed by atoms with Gasteiger partial charge in [0, 0.05) is 6.54 Å². The monoisotopic (exact) mass is 228 g/mol. The Bertz CT molecular complexity index is 308. The largest absolute Gasteiger partial charge is 0.548 e. The topological polar surface area (TPSA) is 69.7 Å². The number of hydrogen-bond donors (Lipinski definition) is 0. The first-order chi connectivity index (χ1) is 7.17. The first-order valence-corrected chi connectivity index (χ1v) is 5.39. The van der Waals surface area contributed by atoms with Crippen molar-refractivity contribution in [3.63, 3.8) is 0 Å². The van der Waals surface area contributed by atoms with E-state index in [0.29, 0.717) is 19.4 Å². The molecular weight excluding hydrogens is 210 g/mol. The van der Waals surface area contributed by atoms with Crippen molar-refractivity contribution in [2.75, 3.05) is 6.54 Å². The van der Waals surface area contributed by atoms with Crippen LogP contribution in [0, 0.1) is 0 Å². The maximum Gasteiger partial charge on any atom is 0.411 e. The number of carbonyl (C=O) groups excluding carboxylic acids is 2. The summed E-state index contributed by atoms with van der Waals surface area (Å²) in [5.74, 6) is -1.23. The molecule has 0 aromatic carbocycles. The van der Waals surface area contributed by atoms with E-state index in [1.165, 1.54) is 11.8 Å². The average Bonchev–Trinajstić information content (AvgIpc) is 2.45. The summed E-state index contributed by atoms with van der Waals surface area (Å²) in [7, 11) is 0. The van der Waals surface area contributed by atoms with Gasteiger partial charge in [0.15, 0.2) is 0 Å². The molecule has 5 heteroatoms. The molecule has 1 fully saturated rings. The van der Waals surface area contributed by atoms with Crippen LogP contribution in [0.2, 0.25) is 0 Å². The number of amides is 1. The van der Waals surface area contributed by atoms with Crippen LogP contribution in [0.1, 0.15) is 40.5 Å². The van der Waals surface area contributed by atoms with Gasteiger partial charge in [-0.05, 0) is 40.5 Å². The van der Waals surface area contributed by atoms with Crippen LogP contribution in [0.4, 0.5) is 4.79 Å². The summed E-state index contributed by atoms with van der Waals surface area (Å²) in [4.78, 5) is 24.1. The molecule has 1 atom stereocenters. The van der Waals surface area contributed by atoms with Gasteiger partial charge < -0.3 is 14.6 Å². The van der Waals surface area contributed by atoms with E-state index in [1.54, 1.807) is 20.8 Å². The van der Waals surface area contributed by atoms with Crippen LogP contribution in [0.5, 0.6) is 0 Å². The van der Waals surface area contributed by atoms with Gasteiger partial charge in [-0.1, -0.05) is 0 Å². The Balaban J connectivity index is 2.80. The highest BCUT2D eigenvalue weighted by Crippen LogP contribution is 2.29. The van der Waals surface area contributed by atoms with Crippen LogP contribution in [-0.4, -0.2) is 34.6 Å². The van der Waals surface area contributed by atoms with Crippen molar-refractivity contribution in [3.8, 4) is 0 Å². The van der Waals surface area contributed by atoms with Crippen LogP contribution in [-0.2, 0) is 9.53 Å². The molecular formula is C11H18NO4-. The molecule has 1 aliphatic heterocycles. The number of nitrogens with zero attached hydrogens (tertiary/aromatic N) is 1. The molecule has 1 rings (SSSR count). The summed E-state index contributed by atoms with van der Waals surface area (Å²) in [5, 5.41) is 11.0. The third kappa shape index (κ3) is 2.46. The van der Waals surface area contributed by atoms with E-state index in [9.17, 15) is 14.7 Å². The van der Waals surface area contributed by atoms with Gasteiger partial charge in [0.1, 0.15) is 5.60 Å². The molecule has 1 amide bonds. The Hall–Kier alpha value is -1.26. The fraction of sp³-hybridized carbons (Fsp3) is 0.818. The second kappa shape index (κ2) is 3.96. The predicted molar refractivity (Wildman–Crippen MR) is 55.6 cm³/mol. The zero-order valence-electron chi connectivity index (χ0n) is 10.2. The second-order valence-electron chi connectivity index (χ2n) is 5.30. The Morgan fingerprint density at radius 2 is 1.94 bits per heavy atom. The molecule has 0 saturated carbocycles. The van der Waals surface area contributed by atoms with E-state index in [-0.39, 0.29) is 0 Å². The van der Waals surface area contributed by atoms with Crippen molar-refractivity contribution in [1.29, 1.82) is 0 Å². The summed E-state index contributed by atoms with van der Waals surface area (Å²) < 4.78 is 5.16. The van der Waals surface area contributed by atoms with E-state index >= 15 is 0 Å². The highest BCUT2D eigenvalue weighted by atomic mass is 16.6. The first-order valence-electron chi connectivity index (χ1n) is 5.39. The maximum absolute atomic E-state index is 11.8. The van der Waals surface area contributed by atoms with Crippen LogP contribution < -0.4 is 5.11 Å². The average molecular weight is 228 g/mol. The molecule has 0 N–H and O–H groups in total. The van der Waals surface area contributed by atoms with Crippen molar-refractivity contribution >= 4 is 12.1 Å². The van der Waals surface area contributed by atoms with Gasteiger partial charge in [-0.15, -0.1) is 0 Å². The Labute approximate surface area is 95.4 Å². The minimum atomic E-state index is -1.23. The standard InChI is InChI=1S/C11H19NO4/c1-10(2,3)16-9(15)12-7-5-6-11(12,4)8(13)14/h5-7H2,1-4H3,(H,13,14)/p-1. The highest BCUT2D eigenvalue weighted by Gasteiger charge is 2.42. The molecule has 1 aliphatic rings. The van der Waals surface area contributed by atoms with Crippen molar-refractivity contribution in [2.24, 2.45) is 0 Å². The van der Waals surface area contributed by atoms with Crippen molar-refractivity contribution in [2.45, 2.75) is 51.7 Å². The molecule has 16 heavy (non-hydrogen) atoms. The summed E-state index contributed by atoms with van der Waals surface area (Å²) in [6, 6.07) is 0.